The number of carbonyl (C=O) groups excluding carboxylic acids is 1. The fourth-order valence-electron chi connectivity index (χ4n) is 2.35. The summed E-state index contributed by atoms with van der Waals surface area (Å²) in [6.07, 6.45) is 1.01. The largest absolute Gasteiger partial charge is 0.460 e. The Kier molecular flexibility index (Phi) is 5.09. The van der Waals surface area contributed by atoms with Crippen molar-refractivity contribution in [2.24, 2.45) is 5.92 Å². The molecule has 0 bridgehead atoms. The summed E-state index contributed by atoms with van der Waals surface area (Å²) >= 11 is 0. The predicted octanol–water partition coefficient (Wildman–Crippen LogP) is 3.16. The van der Waals surface area contributed by atoms with E-state index in [1.807, 2.05) is 18.2 Å². The molecule has 0 amide bonds. The van der Waals surface area contributed by atoms with E-state index in [4.69, 9.17) is 4.74 Å². The topological polar surface area (TPSA) is 67.9 Å². The lowest BCUT2D eigenvalue weighted by molar-refractivity contribution is 0.0512. The van der Waals surface area contributed by atoms with Gasteiger partial charge in [0, 0.05) is 5.92 Å². The van der Waals surface area contributed by atoms with Gasteiger partial charge in [-0.1, -0.05) is 50.6 Å². The van der Waals surface area contributed by atoms with Crippen molar-refractivity contribution in [3.63, 3.8) is 0 Å². The zero-order chi connectivity index (χ0) is 15.2. The second-order valence-corrected chi connectivity index (χ2v) is 5.04. The van der Waals surface area contributed by atoms with Gasteiger partial charge in [0.25, 0.3) is 5.82 Å². The maximum atomic E-state index is 11.7. The van der Waals surface area contributed by atoms with Crippen molar-refractivity contribution in [2.45, 2.75) is 33.1 Å². The van der Waals surface area contributed by atoms with Crippen molar-refractivity contribution in [3.8, 4) is 0 Å². The average molecular weight is 287 g/mol. The molecular formula is C16H21N3O2. The number of rotatable bonds is 6. The Bertz CT molecular complexity index is 580. The number of hydrogen-bond donors (Lipinski definition) is 1. The van der Waals surface area contributed by atoms with Gasteiger partial charge in [-0.2, -0.15) is 0 Å². The lowest BCUT2D eigenvalue weighted by atomic mass is 9.85. The van der Waals surface area contributed by atoms with E-state index in [2.05, 4.69) is 41.2 Å². The summed E-state index contributed by atoms with van der Waals surface area (Å²) in [5.74, 6) is 0.785. The molecule has 2 aromatic rings. The van der Waals surface area contributed by atoms with E-state index in [0.29, 0.717) is 18.3 Å². The number of carbonyl (C=O) groups is 1. The summed E-state index contributed by atoms with van der Waals surface area (Å²) in [6, 6.07) is 10.1. The van der Waals surface area contributed by atoms with Crippen molar-refractivity contribution in [1.82, 2.24) is 15.2 Å². The van der Waals surface area contributed by atoms with Gasteiger partial charge in [-0.15, -0.1) is 5.10 Å². The van der Waals surface area contributed by atoms with E-state index < -0.39 is 5.97 Å². The van der Waals surface area contributed by atoms with E-state index in [9.17, 15) is 4.79 Å². The second kappa shape index (κ2) is 7.02. The van der Waals surface area contributed by atoms with E-state index in [1.54, 1.807) is 6.92 Å². The average Bonchev–Trinajstić information content (AvgIpc) is 2.98. The van der Waals surface area contributed by atoms with Gasteiger partial charge in [-0.25, -0.2) is 9.78 Å². The number of aromatic amines is 1. The molecule has 112 valence electrons. The minimum atomic E-state index is -0.490. The first-order valence-electron chi connectivity index (χ1n) is 7.31. The van der Waals surface area contributed by atoms with E-state index in [1.165, 1.54) is 5.56 Å². The maximum absolute atomic E-state index is 11.7. The van der Waals surface area contributed by atoms with Crippen molar-refractivity contribution < 1.29 is 9.53 Å². The molecule has 2 atom stereocenters. The Morgan fingerprint density at radius 1 is 1.29 bits per heavy atom. The van der Waals surface area contributed by atoms with Crippen LogP contribution in [0.25, 0.3) is 0 Å². The van der Waals surface area contributed by atoms with Crippen LogP contribution in [0.1, 0.15) is 55.1 Å². The summed E-state index contributed by atoms with van der Waals surface area (Å²) in [6.45, 7) is 6.39. The molecular weight excluding hydrogens is 266 g/mol. The first-order valence-corrected chi connectivity index (χ1v) is 7.31. The molecule has 0 saturated carbocycles. The fraction of sp³-hybridized carbons (Fsp3) is 0.438. The van der Waals surface area contributed by atoms with Gasteiger partial charge in [-0.05, 0) is 18.4 Å². The summed E-state index contributed by atoms with van der Waals surface area (Å²) in [7, 11) is 0. The molecule has 1 N–H and O–H groups in total. The quantitative estimate of drug-likeness (QED) is 0.829. The molecule has 5 heteroatoms. The number of H-pyrrole nitrogens is 1. The molecule has 2 unspecified atom stereocenters. The lowest BCUT2D eigenvalue weighted by Gasteiger charge is -2.21. The van der Waals surface area contributed by atoms with Crippen LogP contribution in [0.4, 0.5) is 0 Å². The molecule has 1 aromatic heterocycles. The van der Waals surface area contributed by atoms with Crippen LogP contribution in [0.2, 0.25) is 0 Å². The molecule has 0 fully saturated rings. The highest BCUT2D eigenvalue weighted by Gasteiger charge is 2.25. The number of benzene rings is 1. The van der Waals surface area contributed by atoms with Crippen LogP contribution in [-0.4, -0.2) is 27.8 Å². The molecule has 5 nitrogen and oxygen atoms in total. The molecule has 0 aliphatic heterocycles. The van der Waals surface area contributed by atoms with Crippen LogP contribution in [0.15, 0.2) is 30.3 Å². The van der Waals surface area contributed by atoms with Crippen LogP contribution < -0.4 is 0 Å². The third-order valence-corrected chi connectivity index (χ3v) is 3.63. The summed E-state index contributed by atoms with van der Waals surface area (Å²) in [5, 5.41) is 6.88. The number of hydrogen-bond acceptors (Lipinski definition) is 4. The molecule has 0 aliphatic rings. The number of nitrogens with zero attached hydrogens (tertiary/aromatic N) is 2. The Morgan fingerprint density at radius 3 is 2.62 bits per heavy atom. The van der Waals surface area contributed by atoms with Crippen molar-refractivity contribution >= 4 is 5.97 Å². The van der Waals surface area contributed by atoms with Gasteiger partial charge in [0.05, 0.1) is 6.61 Å². The van der Waals surface area contributed by atoms with Crippen LogP contribution in [-0.2, 0) is 4.74 Å². The SMILES string of the molecule is CCOC(=O)c1n[nH]c(C(c2ccccc2)C(C)CC)n1. The number of ether oxygens (including phenoxy) is 1. The molecule has 0 radical (unpaired) electrons. The predicted molar refractivity (Wildman–Crippen MR) is 80.1 cm³/mol. The molecule has 0 aliphatic carbocycles. The van der Waals surface area contributed by atoms with Crippen molar-refractivity contribution in [3.05, 3.63) is 47.5 Å². The summed E-state index contributed by atoms with van der Waals surface area (Å²) in [5.41, 5.74) is 1.17. The number of aromatic nitrogens is 3. The van der Waals surface area contributed by atoms with E-state index >= 15 is 0 Å². The smallest absolute Gasteiger partial charge is 0.378 e. The van der Waals surface area contributed by atoms with Crippen LogP contribution in [0, 0.1) is 5.92 Å². The molecule has 21 heavy (non-hydrogen) atoms. The molecule has 1 heterocycles. The van der Waals surface area contributed by atoms with Crippen molar-refractivity contribution in [1.29, 1.82) is 0 Å². The van der Waals surface area contributed by atoms with E-state index in [0.717, 1.165) is 6.42 Å². The van der Waals surface area contributed by atoms with Gasteiger partial charge in [-0.3, -0.25) is 5.10 Å². The van der Waals surface area contributed by atoms with Gasteiger partial charge in [0.2, 0.25) is 0 Å². The zero-order valence-corrected chi connectivity index (χ0v) is 12.7. The normalized spacial score (nSPS) is 13.7. The Morgan fingerprint density at radius 2 is 2.00 bits per heavy atom. The first kappa shape index (κ1) is 15.2. The summed E-state index contributed by atoms with van der Waals surface area (Å²) in [4.78, 5) is 16.0. The van der Waals surface area contributed by atoms with Crippen LogP contribution in [0.3, 0.4) is 0 Å². The van der Waals surface area contributed by atoms with Gasteiger partial charge in [0.1, 0.15) is 5.82 Å². The molecule has 2 rings (SSSR count). The van der Waals surface area contributed by atoms with Crippen LogP contribution >= 0.6 is 0 Å². The minimum Gasteiger partial charge on any atom is -0.460 e. The van der Waals surface area contributed by atoms with Gasteiger partial charge < -0.3 is 4.74 Å². The monoisotopic (exact) mass is 287 g/mol. The number of nitrogens with one attached hydrogen (secondary N) is 1. The zero-order valence-electron chi connectivity index (χ0n) is 12.7. The second-order valence-electron chi connectivity index (χ2n) is 5.04. The molecule has 0 spiro atoms. The summed E-state index contributed by atoms with van der Waals surface area (Å²) < 4.78 is 4.93. The third-order valence-electron chi connectivity index (χ3n) is 3.63. The Labute approximate surface area is 124 Å². The van der Waals surface area contributed by atoms with Crippen molar-refractivity contribution in [2.75, 3.05) is 6.61 Å². The Balaban J connectivity index is 2.32. The van der Waals surface area contributed by atoms with Crippen LogP contribution in [0.5, 0.6) is 0 Å². The highest BCUT2D eigenvalue weighted by Crippen LogP contribution is 2.31. The van der Waals surface area contributed by atoms with Gasteiger partial charge in [0.15, 0.2) is 0 Å². The Hall–Kier alpha value is -2.17. The third kappa shape index (κ3) is 3.48. The highest BCUT2D eigenvalue weighted by atomic mass is 16.5. The van der Waals surface area contributed by atoms with E-state index in [-0.39, 0.29) is 11.7 Å². The standard InChI is InChI=1S/C16H21N3O2/c1-4-11(3)13(12-9-7-6-8-10-12)14-17-15(19-18-14)16(20)21-5-2/h6-11,13H,4-5H2,1-3H3,(H,17,18,19). The minimum absolute atomic E-state index is 0.0897. The molecule has 0 saturated heterocycles. The fourth-order valence-corrected chi connectivity index (χ4v) is 2.35. The first-order chi connectivity index (χ1) is 10.2. The maximum Gasteiger partial charge on any atom is 0.378 e. The molecule has 1 aromatic carbocycles. The highest BCUT2D eigenvalue weighted by molar-refractivity contribution is 5.84. The van der Waals surface area contributed by atoms with Gasteiger partial charge >= 0.3 is 5.97 Å². The lowest BCUT2D eigenvalue weighted by Crippen LogP contribution is -2.13. The number of esters is 1.